The number of methoxy groups -OCH3 is 2. The molecule has 6 nitrogen and oxygen atoms in total. The molecule has 1 aliphatic rings. The van der Waals surface area contributed by atoms with Gasteiger partial charge in [-0.1, -0.05) is 36.4 Å². The van der Waals surface area contributed by atoms with E-state index in [0.29, 0.717) is 18.0 Å². The van der Waals surface area contributed by atoms with Gasteiger partial charge in [0.25, 0.3) is 0 Å². The number of fused-ring (bicyclic) bond motifs is 1. The van der Waals surface area contributed by atoms with Gasteiger partial charge in [-0.15, -0.1) is 6.58 Å². The number of hydrogen-bond donors (Lipinski definition) is 1. The predicted molar refractivity (Wildman–Crippen MR) is 119 cm³/mol. The summed E-state index contributed by atoms with van der Waals surface area (Å²) in [4.78, 5) is 1.39. The van der Waals surface area contributed by atoms with Crippen molar-refractivity contribution in [3.63, 3.8) is 0 Å². The first-order valence-electron chi connectivity index (χ1n) is 10.0. The van der Waals surface area contributed by atoms with Gasteiger partial charge in [0.15, 0.2) is 18.2 Å². The van der Waals surface area contributed by atoms with Crippen molar-refractivity contribution < 1.29 is 14.4 Å². The number of benzene rings is 2. The Bertz CT molecular complexity index is 1090. The highest BCUT2D eigenvalue weighted by molar-refractivity contribution is 7.71. The lowest BCUT2D eigenvalue weighted by molar-refractivity contribution is -0.950. The second kappa shape index (κ2) is 8.85. The van der Waals surface area contributed by atoms with E-state index >= 15 is 0 Å². The zero-order chi connectivity index (χ0) is 21.1. The van der Waals surface area contributed by atoms with Crippen LogP contribution in [-0.4, -0.2) is 35.1 Å². The van der Waals surface area contributed by atoms with Gasteiger partial charge in [-0.2, -0.15) is 9.78 Å². The van der Waals surface area contributed by atoms with Crippen LogP contribution in [0.1, 0.15) is 22.7 Å². The van der Waals surface area contributed by atoms with Crippen LogP contribution >= 0.6 is 12.2 Å². The van der Waals surface area contributed by atoms with Crippen LogP contribution in [0.15, 0.2) is 61.4 Å². The van der Waals surface area contributed by atoms with Crippen molar-refractivity contribution >= 4 is 12.2 Å². The number of allylic oxidation sites excluding steroid dienone is 1. The minimum absolute atomic E-state index is 0.154. The van der Waals surface area contributed by atoms with Crippen LogP contribution in [-0.2, 0) is 19.6 Å². The molecule has 1 N–H and O–H groups in total. The van der Waals surface area contributed by atoms with Crippen molar-refractivity contribution in [2.45, 2.75) is 25.7 Å². The summed E-state index contributed by atoms with van der Waals surface area (Å²) in [6.07, 6.45) is 4.57. The van der Waals surface area contributed by atoms with Crippen LogP contribution < -0.4 is 14.4 Å². The Balaban J connectivity index is 1.76. The maximum absolute atomic E-state index is 5.63. The molecule has 0 aliphatic carbocycles. The predicted octanol–water partition coefficient (Wildman–Crippen LogP) is 2.81. The molecule has 2 heterocycles. The van der Waals surface area contributed by atoms with Gasteiger partial charge in [0, 0.05) is 24.1 Å². The first-order valence-corrected chi connectivity index (χ1v) is 10.4. The molecule has 0 radical (unpaired) electrons. The molecule has 0 amide bonds. The van der Waals surface area contributed by atoms with Gasteiger partial charge in [0.2, 0.25) is 4.77 Å². The van der Waals surface area contributed by atoms with Crippen molar-refractivity contribution in [3.05, 3.63) is 82.9 Å². The van der Waals surface area contributed by atoms with E-state index < -0.39 is 0 Å². The summed E-state index contributed by atoms with van der Waals surface area (Å²) in [6, 6.07) is 15.0. The third kappa shape index (κ3) is 3.78. The highest BCUT2D eigenvalue weighted by atomic mass is 32.1. The Hall–Kier alpha value is -2.90. The standard InChI is InChI=1S/C23H26N4O2S/c1-4-11-25-15-24-27(23(25)30)16-26-12-10-18-13-20(28-2)21(29-3)14-19(18)22(26)17-8-6-5-7-9-17/h4-9,13-15,22H,1,10-12,16H2,2-3H3/p+1/t22-/m1/s1. The van der Waals surface area contributed by atoms with Gasteiger partial charge < -0.3 is 18.9 Å². The minimum Gasteiger partial charge on any atom is -0.493 e. The smallest absolute Gasteiger partial charge is 0.202 e. The van der Waals surface area contributed by atoms with Crippen molar-refractivity contribution in [2.75, 3.05) is 20.8 Å². The number of nitrogens with one attached hydrogen (secondary N) is 1. The topological polar surface area (TPSA) is 45.7 Å². The first kappa shape index (κ1) is 20.4. The average molecular weight is 424 g/mol. The number of nitrogens with zero attached hydrogens (tertiary/aromatic N) is 3. The van der Waals surface area contributed by atoms with Crippen LogP contribution in [0.5, 0.6) is 11.5 Å². The maximum Gasteiger partial charge on any atom is 0.202 e. The molecular weight excluding hydrogens is 396 g/mol. The van der Waals surface area contributed by atoms with E-state index in [1.54, 1.807) is 20.5 Å². The van der Waals surface area contributed by atoms with E-state index in [1.807, 2.05) is 15.3 Å². The zero-order valence-electron chi connectivity index (χ0n) is 17.4. The molecule has 7 heteroatoms. The van der Waals surface area contributed by atoms with Crippen LogP contribution in [0.2, 0.25) is 0 Å². The van der Waals surface area contributed by atoms with Crippen molar-refractivity contribution in [1.82, 2.24) is 14.3 Å². The lowest BCUT2D eigenvalue weighted by atomic mass is 9.88. The molecular formula is C23H27N4O2S+. The summed E-state index contributed by atoms with van der Waals surface area (Å²) in [6.45, 7) is 6.12. The maximum atomic E-state index is 5.63. The fraction of sp³-hybridized carbons (Fsp3) is 0.304. The van der Waals surface area contributed by atoms with Crippen molar-refractivity contribution in [3.8, 4) is 11.5 Å². The zero-order valence-corrected chi connectivity index (χ0v) is 18.2. The fourth-order valence-corrected chi connectivity index (χ4v) is 4.48. The van der Waals surface area contributed by atoms with Crippen LogP contribution in [0.4, 0.5) is 0 Å². The van der Waals surface area contributed by atoms with Gasteiger partial charge >= 0.3 is 0 Å². The van der Waals surface area contributed by atoms with Gasteiger partial charge in [-0.25, -0.2) is 0 Å². The minimum atomic E-state index is 0.154. The Morgan fingerprint density at radius 1 is 1.20 bits per heavy atom. The summed E-state index contributed by atoms with van der Waals surface area (Å²) < 4.78 is 15.7. The Morgan fingerprint density at radius 2 is 1.93 bits per heavy atom. The summed E-state index contributed by atoms with van der Waals surface area (Å²) in [5, 5.41) is 4.54. The Kier molecular flexibility index (Phi) is 6.01. The molecule has 1 unspecified atom stereocenters. The van der Waals surface area contributed by atoms with E-state index in [1.165, 1.54) is 21.6 Å². The summed E-state index contributed by atoms with van der Waals surface area (Å²) in [5.74, 6) is 1.53. The average Bonchev–Trinajstić information content (AvgIpc) is 3.12. The molecule has 0 saturated heterocycles. The van der Waals surface area contributed by atoms with E-state index in [2.05, 4.69) is 54.1 Å². The molecule has 0 saturated carbocycles. The molecule has 0 spiro atoms. The van der Waals surface area contributed by atoms with Gasteiger partial charge in [-0.3, -0.25) is 0 Å². The highest BCUT2D eigenvalue weighted by Crippen LogP contribution is 2.36. The Morgan fingerprint density at radius 3 is 2.63 bits per heavy atom. The molecule has 1 aliphatic heterocycles. The SMILES string of the molecule is C=CCn1cnn(C[NH+]2CCc3cc(OC)c(OC)cc3[C@H]2c2ccccc2)c1=S. The van der Waals surface area contributed by atoms with Crippen molar-refractivity contribution in [1.29, 1.82) is 0 Å². The second-order valence-corrected chi connectivity index (χ2v) is 7.79. The number of ether oxygens (including phenoxy) is 2. The van der Waals surface area contributed by atoms with Crippen LogP contribution in [0, 0.1) is 4.77 Å². The molecule has 0 fully saturated rings. The third-order valence-corrected chi connectivity index (χ3v) is 6.13. The van der Waals surface area contributed by atoms with E-state index in [-0.39, 0.29) is 6.04 Å². The van der Waals surface area contributed by atoms with E-state index in [9.17, 15) is 0 Å². The van der Waals surface area contributed by atoms with Crippen LogP contribution in [0.25, 0.3) is 0 Å². The summed E-state index contributed by atoms with van der Waals surface area (Å²) in [7, 11) is 3.36. The first-order chi connectivity index (χ1) is 14.7. The molecule has 0 bridgehead atoms. The van der Waals surface area contributed by atoms with Gasteiger partial charge in [0.05, 0.1) is 20.8 Å². The van der Waals surface area contributed by atoms with Gasteiger partial charge in [-0.05, 0) is 29.9 Å². The summed E-state index contributed by atoms with van der Waals surface area (Å²) >= 11 is 5.63. The summed E-state index contributed by atoms with van der Waals surface area (Å²) in [5.41, 5.74) is 3.82. The van der Waals surface area contributed by atoms with Crippen LogP contribution in [0.3, 0.4) is 0 Å². The fourth-order valence-electron chi connectivity index (χ4n) is 4.25. The second-order valence-electron chi connectivity index (χ2n) is 7.42. The van der Waals surface area contributed by atoms with Gasteiger partial charge in [0.1, 0.15) is 12.4 Å². The number of rotatable bonds is 7. The lowest BCUT2D eigenvalue weighted by Gasteiger charge is -2.35. The molecule has 156 valence electrons. The molecule has 2 aromatic carbocycles. The highest BCUT2D eigenvalue weighted by Gasteiger charge is 2.34. The normalized spacial score (nSPS) is 17.9. The molecule has 1 aromatic heterocycles. The molecule has 3 aromatic rings. The third-order valence-electron chi connectivity index (χ3n) is 5.69. The Labute approximate surface area is 182 Å². The largest absolute Gasteiger partial charge is 0.493 e. The lowest BCUT2D eigenvalue weighted by Crippen LogP contribution is -3.12. The van der Waals surface area contributed by atoms with E-state index in [4.69, 9.17) is 21.7 Å². The number of aromatic nitrogens is 3. The quantitative estimate of drug-likeness (QED) is 0.469. The molecule has 4 rings (SSSR count). The number of hydrogen-bond acceptors (Lipinski definition) is 4. The van der Waals surface area contributed by atoms with E-state index in [0.717, 1.165) is 24.5 Å². The monoisotopic (exact) mass is 423 g/mol. The number of quaternary nitrogens is 1. The molecule has 2 atom stereocenters. The van der Waals surface area contributed by atoms with Crippen molar-refractivity contribution in [2.24, 2.45) is 0 Å². The molecule has 30 heavy (non-hydrogen) atoms.